The lowest BCUT2D eigenvalue weighted by molar-refractivity contribution is -0.143. The zero-order chi connectivity index (χ0) is 27.7. The Morgan fingerprint density at radius 2 is 1.92 bits per heavy atom. The first kappa shape index (κ1) is 30.5. The molecule has 1 N–H and O–H groups in total. The number of esters is 1. The molecule has 0 unspecified atom stereocenters. The lowest BCUT2D eigenvalue weighted by Crippen LogP contribution is -2.39. The van der Waals surface area contributed by atoms with Gasteiger partial charge in [0.1, 0.15) is 0 Å². The van der Waals surface area contributed by atoms with Crippen LogP contribution >= 0.6 is 11.6 Å². The molecule has 1 saturated heterocycles. The van der Waals surface area contributed by atoms with E-state index in [0.29, 0.717) is 30.1 Å². The minimum Gasteiger partial charge on any atom is -0.466 e. The van der Waals surface area contributed by atoms with E-state index in [1.165, 1.54) is 5.56 Å². The summed E-state index contributed by atoms with van der Waals surface area (Å²) in [4.78, 5) is 14.1. The number of carbonyl (C=O) groups excluding carboxylic acids is 1. The Kier molecular flexibility index (Phi) is 12.0. The van der Waals surface area contributed by atoms with Gasteiger partial charge in [-0.25, -0.2) is 8.78 Å². The van der Waals surface area contributed by atoms with E-state index in [4.69, 9.17) is 21.1 Å². The first-order valence-electron chi connectivity index (χ1n) is 13.7. The highest BCUT2D eigenvalue weighted by molar-refractivity contribution is 6.31. The molecule has 210 valence electrons. The lowest BCUT2D eigenvalue weighted by atomic mass is 9.96. The first-order chi connectivity index (χ1) is 18.2. The van der Waals surface area contributed by atoms with Gasteiger partial charge in [-0.2, -0.15) is 0 Å². The number of aliphatic hydroxyl groups is 1. The third kappa shape index (κ3) is 8.47. The van der Waals surface area contributed by atoms with Gasteiger partial charge < -0.3 is 14.6 Å². The van der Waals surface area contributed by atoms with Crippen LogP contribution in [-0.4, -0.2) is 54.4 Å². The van der Waals surface area contributed by atoms with Crippen LogP contribution in [0.3, 0.4) is 0 Å². The maximum Gasteiger partial charge on any atom is 0.306 e. The lowest BCUT2D eigenvalue weighted by Gasteiger charge is -2.28. The normalized spacial score (nSPS) is 17.5. The number of aliphatic hydroxyl groups excluding tert-OH is 1. The number of hydrogen-bond donors (Lipinski definition) is 1. The van der Waals surface area contributed by atoms with Crippen molar-refractivity contribution >= 4 is 17.6 Å². The highest BCUT2D eigenvalue weighted by Gasteiger charge is 2.27. The highest BCUT2D eigenvalue weighted by Crippen LogP contribution is 2.29. The van der Waals surface area contributed by atoms with Crippen molar-refractivity contribution < 1.29 is 28.2 Å². The van der Waals surface area contributed by atoms with E-state index in [0.717, 1.165) is 54.9 Å². The molecule has 8 heteroatoms. The molecule has 2 aromatic rings. The van der Waals surface area contributed by atoms with Gasteiger partial charge in [-0.15, -0.1) is 0 Å². The molecule has 5 nitrogen and oxygen atoms in total. The molecule has 0 amide bonds. The number of likely N-dealkylation sites (tertiary alicyclic amines) is 1. The Morgan fingerprint density at radius 1 is 1.16 bits per heavy atom. The molecule has 1 heterocycles. The minimum absolute atomic E-state index is 0.0642. The van der Waals surface area contributed by atoms with Gasteiger partial charge in [-0.3, -0.25) is 9.69 Å². The average molecular weight is 552 g/mol. The summed E-state index contributed by atoms with van der Waals surface area (Å²) in [6.07, 6.45) is 3.44. The molecule has 3 rings (SSSR count). The zero-order valence-corrected chi connectivity index (χ0v) is 23.4. The number of aryl methyl sites for hydroxylation is 2. The van der Waals surface area contributed by atoms with E-state index in [1.54, 1.807) is 6.92 Å². The van der Waals surface area contributed by atoms with Crippen LogP contribution in [0.1, 0.15) is 74.8 Å². The summed E-state index contributed by atoms with van der Waals surface area (Å²) < 4.78 is 39.2. The van der Waals surface area contributed by atoms with Gasteiger partial charge >= 0.3 is 5.97 Å². The van der Waals surface area contributed by atoms with Gasteiger partial charge in [-0.1, -0.05) is 37.6 Å². The SMILES string of the molecule is CCOC(=O)CCc1cc(F)c(F)cc1[C@@H](CC)OC[C@H](O)CN1CCC[C@H]1Cc1ccc(Cl)c(CC)c1. The van der Waals surface area contributed by atoms with Crippen molar-refractivity contribution in [3.8, 4) is 0 Å². The Bertz CT molecular complexity index is 1070. The van der Waals surface area contributed by atoms with Crippen molar-refractivity contribution in [2.24, 2.45) is 0 Å². The maximum atomic E-state index is 14.2. The Labute approximate surface area is 230 Å². The van der Waals surface area contributed by atoms with Crippen LogP contribution in [0, 0.1) is 11.6 Å². The van der Waals surface area contributed by atoms with Crippen molar-refractivity contribution in [2.45, 2.75) is 84.0 Å². The third-order valence-electron chi connectivity index (χ3n) is 7.20. The quantitative estimate of drug-likeness (QED) is 0.283. The number of benzene rings is 2. The third-order valence-corrected chi connectivity index (χ3v) is 7.57. The Balaban J connectivity index is 1.60. The van der Waals surface area contributed by atoms with E-state index < -0.39 is 29.8 Å². The van der Waals surface area contributed by atoms with Crippen LogP contribution in [0.15, 0.2) is 30.3 Å². The second-order valence-corrected chi connectivity index (χ2v) is 10.3. The molecule has 3 atom stereocenters. The maximum absolute atomic E-state index is 14.2. The number of hydrogen-bond acceptors (Lipinski definition) is 5. The predicted octanol–water partition coefficient (Wildman–Crippen LogP) is 6.21. The Hall–Kier alpha value is -2.06. The number of nitrogens with zero attached hydrogens (tertiary/aromatic N) is 1. The van der Waals surface area contributed by atoms with Crippen LogP contribution in [0.4, 0.5) is 8.78 Å². The molecule has 0 saturated carbocycles. The Morgan fingerprint density at radius 3 is 2.63 bits per heavy atom. The van der Waals surface area contributed by atoms with Gasteiger partial charge in [0.05, 0.1) is 25.4 Å². The molecule has 2 aromatic carbocycles. The van der Waals surface area contributed by atoms with E-state index in [2.05, 4.69) is 24.0 Å². The van der Waals surface area contributed by atoms with Crippen LogP contribution in [0.25, 0.3) is 0 Å². The predicted molar refractivity (Wildman–Crippen MR) is 145 cm³/mol. The first-order valence-corrected chi connectivity index (χ1v) is 14.1. The summed E-state index contributed by atoms with van der Waals surface area (Å²) in [7, 11) is 0. The van der Waals surface area contributed by atoms with Crippen LogP contribution in [0.2, 0.25) is 5.02 Å². The summed E-state index contributed by atoms with van der Waals surface area (Å²) >= 11 is 6.28. The number of rotatable bonds is 14. The summed E-state index contributed by atoms with van der Waals surface area (Å²) in [5, 5.41) is 11.6. The van der Waals surface area contributed by atoms with Crippen molar-refractivity contribution in [3.63, 3.8) is 0 Å². The summed E-state index contributed by atoms with van der Waals surface area (Å²) in [5.74, 6) is -2.32. The van der Waals surface area contributed by atoms with Crippen molar-refractivity contribution in [2.75, 3.05) is 26.3 Å². The molecular formula is C30H40ClF2NO4. The van der Waals surface area contributed by atoms with Crippen LogP contribution in [-0.2, 0) is 33.5 Å². The van der Waals surface area contributed by atoms with E-state index in [9.17, 15) is 18.7 Å². The van der Waals surface area contributed by atoms with Crippen molar-refractivity contribution in [1.29, 1.82) is 0 Å². The van der Waals surface area contributed by atoms with Gasteiger partial charge in [0, 0.05) is 24.0 Å². The van der Waals surface area contributed by atoms with Crippen LogP contribution < -0.4 is 0 Å². The fourth-order valence-corrected chi connectivity index (χ4v) is 5.48. The summed E-state index contributed by atoms with van der Waals surface area (Å²) in [6.45, 7) is 7.42. The summed E-state index contributed by atoms with van der Waals surface area (Å²) in [6, 6.07) is 8.81. The molecular weight excluding hydrogens is 512 g/mol. The van der Waals surface area contributed by atoms with E-state index in [-0.39, 0.29) is 26.1 Å². The highest BCUT2D eigenvalue weighted by atomic mass is 35.5. The topological polar surface area (TPSA) is 59.0 Å². The smallest absolute Gasteiger partial charge is 0.306 e. The minimum atomic E-state index is -0.964. The van der Waals surface area contributed by atoms with Gasteiger partial charge in [0.25, 0.3) is 0 Å². The molecule has 0 spiro atoms. The van der Waals surface area contributed by atoms with E-state index >= 15 is 0 Å². The molecule has 1 aliphatic heterocycles. The molecule has 0 radical (unpaired) electrons. The molecule has 0 aliphatic carbocycles. The standard InChI is InChI=1S/C30H40ClF2NO4/c1-4-21-14-20(9-11-26(21)31)15-23-8-7-13-34(23)18-24(35)19-38-29(5-2)25-17-28(33)27(32)16-22(25)10-12-30(36)37-6-3/h9,11,14,16-17,23-24,29,35H,4-8,10,12-13,15,18-19H2,1-3H3/t23-,24+,29+/m0/s1. The second kappa shape index (κ2) is 14.9. The fourth-order valence-electron chi connectivity index (χ4n) is 5.23. The van der Waals surface area contributed by atoms with Gasteiger partial charge in [0.2, 0.25) is 0 Å². The monoisotopic (exact) mass is 551 g/mol. The van der Waals surface area contributed by atoms with Gasteiger partial charge in [0.15, 0.2) is 11.6 Å². The molecule has 38 heavy (non-hydrogen) atoms. The molecule has 0 bridgehead atoms. The fraction of sp³-hybridized carbons (Fsp3) is 0.567. The van der Waals surface area contributed by atoms with Crippen LogP contribution in [0.5, 0.6) is 0 Å². The van der Waals surface area contributed by atoms with Crippen molar-refractivity contribution in [3.05, 3.63) is 69.2 Å². The zero-order valence-electron chi connectivity index (χ0n) is 22.7. The molecule has 0 aromatic heterocycles. The number of β-amino-alcohol motifs (C(OH)–C–C–N with tert-alkyl or cyclic N) is 1. The number of halogens is 3. The van der Waals surface area contributed by atoms with Gasteiger partial charge in [-0.05, 0) is 92.4 Å². The summed E-state index contributed by atoms with van der Waals surface area (Å²) in [5.41, 5.74) is 3.39. The second-order valence-electron chi connectivity index (χ2n) is 9.93. The average Bonchev–Trinajstić information content (AvgIpc) is 3.32. The largest absolute Gasteiger partial charge is 0.466 e. The number of carbonyl (C=O) groups is 1. The van der Waals surface area contributed by atoms with Crippen molar-refractivity contribution in [1.82, 2.24) is 4.90 Å². The molecule has 1 fully saturated rings. The van der Waals surface area contributed by atoms with E-state index in [1.807, 2.05) is 13.0 Å². The molecule has 1 aliphatic rings. The number of ether oxygens (including phenoxy) is 2.